The van der Waals surface area contributed by atoms with E-state index in [9.17, 15) is 19.5 Å². The number of carboxylic acids is 1. The fourth-order valence-corrected chi connectivity index (χ4v) is 5.49. The van der Waals surface area contributed by atoms with Crippen molar-refractivity contribution in [2.75, 3.05) is 44.4 Å². The summed E-state index contributed by atoms with van der Waals surface area (Å²) in [6.07, 6.45) is 3.28. The molecule has 0 aromatic carbocycles. The van der Waals surface area contributed by atoms with Crippen LogP contribution in [0.5, 0.6) is 0 Å². The van der Waals surface area contributed by atoms with Crippen LogP contribution in [0.25, 0.3) is 0 Å². The van der Waals surface area contributed by atoms with E-state index in [-0.39, 0.29) is 40.3 Å². The van der Waals surface area contributed by atoms with Crippen LogP contribution >= 0.6 is 11.3 Å². The Balaban J connectivity index is 2.11. The Morgan fingerprint density at radius 2 is 1.86 bits per heavy atom. The van der Waals surface area contributed by atoms with Crippen molar-refractivity contribution in [1.29, 1.82) is 0 Å². The number of morpholine rings is 1. The van der Waals surface area contributed by atoms with Crippen LogP contribution in [0, 0.1) is 29.1 Å². The van der Waals surface area contributed by atoms with Gasteiger partial charge in [-0.2, -0.15) is 0 Å². The molecule has 0 unspecified atom stereocenters. The van der Waals surface area contributed by atoms with Gasteiger partial charge in [0.05, 0.1) is 30.4 Å². The van der Waals surface area contributed by atoms with Gasteiger partial charge in [-0.15, -0.1) is 11.3 Å². The maximum Gasteiger partial charge on any atom is 0.348 e. The first-order valence-corrected chi connectivity index (χ1v) is 14.0. The predicted octanol–water partition coefficient (Wildman–Crippen LogP) is 4.27. The highest BCUT2D eigenvalue weighted by Crippen LogP contribution is 2.36. The molecule has 1 saturated heterocycles. The zero-order valence-corrected chi connectivity index (χ0v) is 23.5. The van der Waals surface area contributed by atoms with E-state index < -0.39 is 12.0 Å². The molecule has 2 amide bonds. The highest BCUT2D eigenvalue weighted by atomic mass is 32.1. The Labute approximate surface area is 224 Å². The molecule has 1 atom stereocenters. The van der Waals surface area contributed by atoms with Crippen LogP contribution in [0.15, 0.2) is 6.07 Å². The Morgan fingerprint density at radius 1 is 1.22 bits per heavy atom. The molecule has 3 rings (SSSR count). The topological polar surface area (TPSA) is 96.4 Å². The molecule has 1 aromatic heterocycles. The van der Waals surface area contributed by atoms with Crippen molar-refractivity contribution in [3.63, 3.8) is 0 Å². The highest BCUT2D eigenvalue weighted by molar-refractivity contribution is 7.15. The molecule has 1 N–H and O–H groups in total. The SMILES string of the molecule is CCOC[C@@H](C(=O)N1CCOCC1)N(c1cc(C#CC(C)(C)C)sc1C(=O)O)C(=O)[C@H]1CC[C@H](C)CC1. The molecule has 1 aliphatic carbocycles. The average Bonchev–Trinajstić information content (AvgIpc) is 3.29. The van der Waals surface area contributed by atoms with Gasteiger partial charge >= 0.3 is 5.97 Å². The van der Waals surface area contributed by atoms with E-state index in [2.05, 4.69) is 18.8 Å². The summed E-state index contributed by atoms with van der Waals surface area (Å²) < 4.78 is 11.1. The molecule has 1 aromatic rings. The number of amides is 2. The fourth-order valence-electron chi connectivity index (χ4n) is 4.65. The molecule has 1 aliphatic heterocycles. The lowest BCUT2D eigenvalue weighted by Crippen LogP contribution is -2.57. The number of hydrogen-bond donors (Lipinski definition) is 1. The zero-order valence-electron chi connectivity index (χ0n) is 22.7. The second-order valence-electron chi connectivity index (χ2n) is 10.9. The van der Waals surface area contributed by atoms with E-state index in [4.69, 9.17) is 9.47 Å². The summed E-state index contributed by atoms with van der Waals surface area (Å²) in [6.45, 7) is 12.0. The Bertz CT molecular complexity index is 1020. The van der Waals surface area contributed by atoms with Crippen LogP contribution in [0.4, 0.5) is 5.69 Å². The summed E-state index contributed by atoms with van der Waals surface area (Å²) in [6, 6.07) is 0.683. The predicted molar refractivity (Wildman–Crippen MR) is 144 cm³/mol. The molecular formula is C28H40N2O6S. The maximum atomic E-state index is 14.1. The minimum atomic E-state index is -1.15. The van der Waals surface area contributed by atoms with Gasteiger partial charge in [0, 0.05) is 31.0 Å². The quantitative estimate of drug-likeness (QED) is 0.503. The van der Waals surface area contributed by atoms with Crippen LogP contribution in [0.3, 0.4) is 0 Å². The normalized spacial score (nSPS) is 21.1. The number of rotatable bonds is 8. The van der Waals surface area contributed by atoms with E-state index in [0.717, 1.165) is 24.2 Å². The molecule has 9 heteroatoms. The van der Waals surface area contributed by atoms with E-state index in [0.29, 0.717) is 56.5 Å². The first kappa shape index (κ1) is 29.2. The van der Waals surface area contributed by atoms with Crippen molar-refractivity contribution in [3.8, 4) is 11.8 Å². The molecule has 204 valence electrons. The van der Waals surface area contributed by atoms with Crippen LogP contribution < -0.4 is 4.90 Å². The molecule has 37 heavy (non-hydrogen) atoms. The fraction of sp³-hybridized carbons (Fsp3) is 0.679. The minimum absolute atomic E-state index is 0.00649. The lowest BCUT2D eigenvalue weighted by molar-refractivity contribution is -0.140. The van der Waals surface area contributed by atoms with Crippen LogP contribution in [0.2, 0.25) is 0 Å². The van der Waals surface area contributed by atoms with Crippen molar-refractivity contribution < 1.29 is 29.0 Å². The van der Waals surface area contributed by atoms with Crippen LogP contribution in [-0.4, -0.2) is 73.3 Å². The molecule has 1 saturated carbocycles. The van der Waals surface area contributed by atoms with Crippen molar-refractivity contribution in [2.24, 2.45) is 17.3 Å². The average molecular weight is 533 g/mol. The van der Waals surface area contributed by atoms with Gasteiger partial charge in [-0.3, -0.25) is 14.5 Å². The third kappa shape index (κ3) is 7.79. The molecule has 2 heterocycles. The van der Waals surface area contributed by atoms with Crippen molar-refractivity contribution in [1.82, 2.24) is 4.90 Å². The molecule has 8 nitrogen and oxygen atoms in total. The lowest BCUT2D eigenvalue weighted by Gasteiger charge is -2.38. The van der Waals surface area contributed by atoms with Gasteiger partial charge in [0.25, 0.3) is 0 Å². The van der Waals surface area contributed by atoms with E-state index in [1.807, 2.05) is 27.7 Å². The Morgan fingerprint density at radius 3 is 2.43 bits per heavy atom. The largest absolute Gasteiger partial charge is 0.477 e. The van der Waals surface area contributed by atoms with Crippen molar-refractivity contribution in [2.45, 2.75) is 66.3 Å². The van der Waals surface area contributed by atoms with E-state index >= 15 is 0 Å². The number of carbonyl (C=O) groups is 3. The number of aromatic carboxylic acids is 1. The number of carboxylic acid groups (broad SMARTS) is 1. The van der Waals surface area contributed by atoms with Crippen LogP contribution in [-0.2, 0) is 19.1 Å². The van der Waals surface area contributed by atoms with Gasteiger partial charge in [0.15, 0.2) is 0 Å². The molecule has 0 radical (unpaired) electrons. The van der Waals surface area contributed by atoms with Crippen LogP contribution in [0.1, 0.15) is 74.9 Å². The third-order valence-corrected chi connectivity index (χ3v) is 7.76. The highest BCUT2D eigenvalue weighted by Gasteiger charge is 2.40. The zero-order chi connectivity index (χ0) is 27.2. The van der Waals surface area contributed by atoms with Gasteiger partial charge in [0.1, 0.15) is 10.9 Å². The molecular weight excluding hydrogens is 492 g/mol. The minimum Gasteiger partial charge on any atom is -0.477 e. The Kier molecular flexibility index (Phi) is 10.2. The molecule has 2 fully saturated rings. The summed E-state index contributed by atoms with van der Waals surface area (Å²) in [5, 5.41) is 10.1. The van der Waals surface area contributed by atoms with E-state index in [1.165, 1.54) is 4.90 Å². The Hall–Kier alpha value is -2.41. The van der Waals surface area contributed by atoms with E-state index in [1.54, 1.807) is 11.0 Å². The second-order valence-corrected chi connectivity index (χ2v) is 12.0. The van der Waals surface area contributed by atoms with Crippen molar-refractivity contribution >= 4 is 34.8 Å². The maximum absolute atomic E-state index is 14.1. The number of anilines is 1. The molecule has 0 spiro atoms. The molecule has 2 aliphatic rings. The van der Waals surface area contributed by atoms with Gasteiger partial charge in [-0.25, -0.2) is 4.79 Å². The van der Waals surface area contributed by atoms with Crippen molar-refractivity contribution in [3.05, 3.63) is 15.8 Å². The second kappa shape index (κ2) is 12.9. The summed E-state index contributed by atoms with van der Waals surface area (Å²) in [4.78, 5) is 44.0. The van der Waals surface area contributed by atoms with Gasteiger partial charge < -0.3 is 19.5 Å². The number of carbonyl (C=O) groups excluding carboxylic acids is 2. The lowest BCUT2D eigenvalue weighted by atomic mass is 9.82. The third-order valence-electron chi connectivity index (χ3n) is 6.73. The monoisotopic (exact) mass is 532 g/mol. The first-order chi connectivity index (χ1) is 17.5. The first-order valence-electron chi connectivity index (χ1n) is 13.2. The van der Waals surface area contributed by atoms with Gasteiger partial charge in [-0.1, -0.05) is 18.8 Å². The van der Waals surface area contributed by atoms with Gasteiger partial charge in [0.2, 0.25) is 11.8 Å². The smallest absolute Gasteiger partial charge is 0.348 e. The number of ether oxygens (including phenoxy) is 2. The standard InChI is InChI=1S/C28H40N2O6S/c1-6-35-18-23(26(32)29-13-15-36-16-14-29)30(25(31)20-9-7-19(2)8-10-20)22-17-21(11-12-28(3,4)5)37-24(22)27(33)34/h17,19-20,23H,6-10,13-16,18H2,1-5H3,(H,33,34)/t19-,20-,23-/m0/s1. The number of nitrogens with zero attached hydrogens (tertiary/aromatic N) is 2. The molecule has 0 bridgehead atoms. The summed E-state index contributed by atoms with van der Waals surface area (Å²) in [7, 11) is 0. The summed E-state index contributed by atoms with van der Waals surface area (Å²) in [5.74, 6) is 4.88. The number of hydrogen-bond acceptors (Lipinski definition) is 6. The van der Waals surface area contributed by atoms with Gasteiger partial charge in [-0.05, 0) is 65.4 Å². The summed E-state index contributed by atoms with van der Waals surface area (Å²) >= 11 is 1.04. The number of thiophene rings is 1. The summed E-state index contributed by atoms with van der Waals surface area (Å²) in [5.41, 5.74) is -0.0447.